The number of hydrogen-bond acceptors (Lipinski definition) is 8. The molecular weight excluding hydrogens is 370 g/mol. The summed E-state index contributed by atoms with van der Waals surface area (Å²) in [6.45, 7) is 4.53. The topological polar surface area (TPSA) is 133 Å². The SMILES string of the molecule is CCOC(=O)[C@@H]1C(=O)C[C@](C)(O)[C@@H](C(=O)OCC)[C@H]1c1cccc([N+](=O)[O-])c1. The lowest BCUT2D eigenvalue weighted by molar-refractivity contribution is -0.385. The van der Waals surface area contributed by atoms with Gasteiger partial charge in [-0.1, -0.05) is 12.1 Å². The molecule has 0 spiro atoms. The van der Waals surface area contributed by atoms with Gasteiger partial charge in [-0.25, -0.2) is 0 Å². The molecule has 1 aliphatic rings. The molecule has 1 aromatic carbocycles. The second-order valence-corrected chi connectivity index (χ2v) is 6.84. The molecule has 1 N–H and O–H groups in total. The van der Waals surface area contributed by atoms with Gasteiger partial charge in [-0.05, 0) is 26.3 Å². The van der Waals surface area contributed by atoms with E-state index < -0.39 is 52.4 Å². The highest BCUT2D eigenvalue weighted by atomic mass is 16.6. The van der Waals surface area contributed by atoms with E-state index in [2.05, 4.69) is 0 Å². The van der Waals surface area contributed by atoms with Crippen molar-refractivity contribution in [3.63, 3.8) is 0 Å². The molecule has 0 unspecified atom stereocenters. The van der Waals surface area contributed by atoms with Gasteiger partial charge in [0.2, 0.25) is 0 Å². The highest BCUT2D eigenvalue weighted by molar-refractivity contribution is 6.02. The number of benzene rings is 1. The first kappa shape index (κ1) is 21.5. The Hall–Kier alpha value is -2.81. The van der Waals surface area contributed by atoms with Gasteiger partial charge in [0.15, 0.2) is 5.78 Å². The summed E-state index contributed by atoms with van der Waals surface area (Å²) < 4.78 is 10.1. The van der Waals surface area contributed by atoms with Crippen molar-refractivity contribution in [1.82, 2.24) is 0 Å². The Morgan fingerprint density at radius 3 is 2.43 bits per heavy atom. The summed E-state index contributed by atoms with van der Waals surface area (Å²) in [6, 6.07) is 5.32. The molecule has 9 nitrogen and oxygen atoms in total. The lowest BCUT2D eigenvalue weighted by Crippen LogP contribution is -2.55. The minimum absolute atomic E-state index is 0.0186. The Bertz CT molecular complexity index is 788. The van der Waals surface area contributed by atoms with Gasteiger partial charge in [0.05, 0.1) is 29.7 Å². The lowest BCUT2D eigenvalue weighted by Gasteiger charge is -2.43. The highest BCUT2D eigenvalue weighted by Gasteiger charge is 2.57. The first-order valence-electron chi connectivity index (χ1n) is 8.96. The maximum Gasteiger partial charge on any atom is 0.317 e. The van der Waals surface area contributed by atoms with Gasteiger partial charge in [0.25, 0.3) is 5.69 Å². The van der Waals surface area contributed by atoms with Crippen molar-refractivity contribution in [3.05, 3.63) is 39.9 Å². The van der Waals surface area contributed by atoms with Gasteiger partial charge in [0.1, 0.15) is 5.92 Å². The van der Waals surface area contributed by atoms with Crippen LogP contribution in [0.25, 0.3) is 0 Å². The molecule has 0 saturated heterocycles. The monoisotopic (exact) mass is 393 g/mol. The molecule has 1 saturated carbocycles. The number of rotatable bonds is 6. The average Bonchev–Trinajstić information content (AvgIpc) is 2.60. The number of esters is 2. The Labute approximate surface area is 161 Å². The largest absolute Gasteiger partial charge is 0.466 e. The fourth-order valence-corrected chi connectivity index (χ4v) is 3.73. The molecule has 0 heterocycles. The van der Waals surface area contributed by atoms with Gasteiger partial charge in [-0.3, -0.25) is 24.5 Å². The maximum atomic E-state index is 12.7. The standard InChI is InChI=1S/C19H23NO8/c1-4-27-17(22)15-13(21)10-19(3,24)16(18(23)28-5-2)14(15)11-7-6-8-12(9-11)20(25)26/h6-9,14-16,24H,4-5,10H2,1-3H3/t14-,15+,16+,19-/m0/s1. The van der Waals surface area contributed by atoms with Crippen LogP contribution in [0.3, 0.4) is 0 Å². The zero-order valence-electron chi connectivity index (χ0n) is 15.9. The molecule has 152 valence electrons. The van der Waals surface area contributed by atoms with E-state index in [1.807, 2.05) is 0 Å². The third-order valence-electron chi connectivity index (χ3n) is 4.81. The van der Waals surface area contributed by atoms with Gasteiger partial charge >= 0.3 is 11.9 Å². The van der Waals surface area contributed by atoms with Crippen LogP contribution in [0, 0.1) is 22.0 Å². The van der Waals surface area contributed by atoms with E-state index in [1.54, 1.807) is 13.8 Å². The third kappa shape index (κ3) is 4.19. The quantitative estimate of drug-likeness (QED) is 0.334. The summed E-state index contributed by atoms with van der Waals surface area (Å²) in [7, 11) is 0. The zero-order valence-corrected chi connectivity index (χ0v) is 15.9. The minimum atomic E-state index is -1.79. The van der Waals surface area contributed by atoms with Crippen LogP contribution in [0.2, 0.25) is 0 Å². The molecule has 0 amide bonds. The summed E-state index contributed by atoms with van der Waals surface area (Å²) in [5.41, 5.74) is -1.85. The summed E-state index contributed by atoms with van der Waals surface area (Å²) in [5.74, 6) is -6.03. The molecule has 1 aromatic rings. The number of carbonyl (C=O) groups is 3. The van der Waals surface area contributed by atoms with Crippen molar-refractivity contribution < 1.29 is 33.9 Å². The molecular formula is C19H23NO8. The van der Waals surface area contributed by atoms with Gasteiger partial charge in [0, 0.05) is 24.5 Å². The molecule has 28 heavy (non-hydrogen) atoms. The van der Waals surface area contributed by atoms with E-state index in [1.165, 1.54) is 31.2 Å². The van der Waals surface area contributed by atoms with E-state index in [0.717, 1.165) is 0 Å². The van der Waals surface area contributed by atoms with E-state index in [4.69, 9.17) is 9.47 Å². The van der Waals surface area contributed by atoms with Crippen molar-refractivity contribution in [2.45, 2.75) is 38.7 Å². The second kappa shape index (κ2) is 8.47. The summed E-state index contributed by atoms with van der Waals surface area (Å²) in [5, 5.41) is 22.0. The van der Waals surface area contributed by atoms with E-state index in [-0.39, 0.29) is 24.5 Å². The number of nitrogens with zero attached hydrogens (tertiary/aromatic N) is 1. The van der Waals surface area contributed by atoms with Gasteiger partial charge in [-0.15, -0.1) is 0 Å². The number of hydrogen-bond donors (Lipinski definition) is 1. The molecule has 1 fully saturated rings. The molecule has 0 aliphatic heterocycles. The number of ether oxygens (including phenoxy) is 2. The fourth-order valence-electron chi connectivity index (χ4n) is 3.73. The van der Waals surface area contributed by atoms with Crippen LogP contribution in [0.4, 0.5) is 5.69 Å². The molecule has 0 radical (unpaired) electrons. The van der Waals surface area contributed by atoms with Crippen molar-refractivity contribution in [3.8, 4) is 0 Å². The zero-order chi connectivity index (χ0) is 21.1. The van der Waals surface area contributed by atoms with E-state index in [0.29, 0.717) is 0 Å². The predicted molar refractivity (Wildman–Crippen MR) is 96.3 cm³/mol. The van der Waals surface area contributed by atoms with E-state index in [9.17, 15) is 29.6 Å². The minimum Gasteiger partial charge on any atom is -0.466 e. The summed E-state index contributed by atoms with van der Waals surface area (Å²) >= 11 is 0. The lowest BCUT2D eigenvalue weighted by atomic mass is 9.61. The average molecular weight is 393 g/mol. The van der Waals surface area contributed by atoms with Crippen LogP contribution >= 0.6 is 0 Å². The second-order valence-electron chi connectivity index (χ2n) is 6.84. The van der Waals surface area contributed by atoms with Crippen molar-refractivity contribution in [2.24, 2.45) is 11.8 Å². The number of carbonyl (C=O) groups excluding carboxylic acids is 3. The highest BCUT2D eigenvalue weighted by Crippen LogP contribution is 2.47. The number of non-ortho nitro benzene ring substituents is 1. The first-order chi connectivity index (χ1) is 13.1. The fraction of sp³-hybridized carbons (Fsp3) is 0.526. The number of nitro benzene ring substituents is 1. The number of nitro groups is 1. The number of ketones is 1. The van der Waals surface area contributed by atoms with Gasteiger partial charge in [-0.2, -0.15) is 0 Å². The smallest absolute Gasteiger partial charge is 0.317 e. The van der Waals surface area contributed by atoms with Crippen molar-refractivity contribution in [2.75, 3.05) is 13.2 Å². The summed E-state index contributed by atoms with van der Waals surface area (Å²) in [4.78, 5) is 48.5. The maximum absolute atomic E-state index is 12.7. The van der Waals surface area contributed by atoms with Crippen LogP contribution < -0.4 is 0 Å². The normalized spacial score (nSPS) is 27.1. The molecule has 9 heteroatoms. The molecule has 4 atom stereocenters. The Kier molecular flexibility index (Phi) is 6.50. The summed E-state index contributed by atoms with van der Waals surface area (Å²) in [6.07, 6.45) is -0.439. The van der Waals surface area contributed by atoms with Gasteiger partial charge < -0.3 is 14.6 Å². The molecule has 0 aromatic heterocycles. The first-order valence-corrected chi connectivity index (χ1v) is 8.96. The third-order valence-corrected chi connectivity index (χ3v) is 4.81. The number of Topliss-reactive ketones (excluding diaryl/α,β-unsaturated/α-hetero) is 1. The van der Waals surface area contributed by atoms with Crippen LogP contribution in [-0.4, -0.2) is 46.6 Å². The van der Waals surface area contributed by atoms with Crippen LogP contribution in [0.1, 0.15) is 38.7 Å². The van der Waals surface area contributed by atoms with E-state index >= 15 is 0 Å². The van der Waals surface area contributed by atoms with Crippen LogP contribution in [-0.2, 0) is 23.9 Å². The van der Waals surface area contributed by atoms with Crippen molar-refractivity contribution >= 4 is 23.4 Å². The molecule has 1 aliphatic carbocycles. The Balaban J connectivity index is 2.67. The predicted octanol–water partition coefficient (Wildman–Crippen LogP) is 1.76. The Morgan fingerprint density at radius 2 is 1.86 bits per heavy atom. The molecule has 2 rings (SSSR count). The van der Waals surface area contributed by atoms with Crippen LogP contribution in [0.5, 0.6) is 0 Å². The number of aliphatic hydroxyl groups is 1. The Morgan fingerprint density at radius 1 is 1.25 bits per heavy atom. The van der Waals surface area contributed by atoms with Crippen molar-refractivity contribution in [1.29, 1.82) is 0 Å². The van der Waals surface area contributed by atoms with Crippen LogP contribution in [0.15, 0.2) is 24.3 Å². The molecule has 0 bridgehead atoms.